The molecule has 5 aliphatic rings. The molecule has 0 radical (unpaired) electrons. The fourth-order valence-electron chi connectivity index (χ4n) is 6.98. The second-order valence-electron chi connectivity index (χ2n) is 10.4. The highest BCUT2D eigenvalue weighted by Gasteiger charge is 2.56. The van der Waals surface area contributed by atoms with E-state index in [1.807, 2.05) is 29.2 Å². The smallest absolute Gasteiger partial charge is 0.242 e. The summed E-state index contributed by atoms with van der Waals surface area (Å²) in [7, 11) is 0. The molecule has 6 nitrogen and oxygen atoms in total. The summed E-state index contributed by atoms with van der Waals surface area (Å²) in [5.74, 6) is 2.68. The van der Waals surface area contributed by atoms with E-state index in [2.05, 4.69) is 16.3 Å². The van der Waals surface area contributed by atoms with Crippen LogP contribution >= 0.6 is 0 Å². The number of carbonyl (C=O) groups excluding carboxylic acids is 2. The van der Waals surface area contributed by atoms with E-state index in [0.29, 0.717) is 25.1 Å². The topological polar surface area (TPSA) is 76.4 Å². The highest BCUT2D eigenvalue weighted by Crippen LogP contribution is 2.65. The van der Waals surface area contributed by atoms with Gasteiger partial charge >= 0.3 is 0 Å². The number of benzene rings is 1. The lowest BCUT2D eigenvalue weighted by molar-refractivity contribution is -0.135. The molecule has 2 atom stereocenters. The first-order valence-corrected chi connectivity index (χ1v) is 11.8. The molecule has 164 valence electrons. The van der Waals surface area contributed by atoms with Crippen molar-refractivity contribution < 1.29 is 9.59 Å². The van der Waals surface area contributed by atoms with Crippen molar-refractivity contribution in [3.05, 3.63) is 35.4 Å². The van der Waals surface area contributed by atoms with E-state index in [0.717, 1.165) is 37.4 Å². The van der Waals surface area contributed by atoms with Crippen LogP contribution in [0, 0.1) is 34.5 Å². The monoisotopic (exact) mass is 420 g/mol. The highest BCUT2D eigenvalue weighted by molar-refractivity contribution is 5.85. The van der Waals surface area contributed by atoms with Crippen molar-refractivity contribution in [2.24, 2.45) is 23.2 Å². The van der Waals surface area contributed by atoms with Crippen LogP contribution in [0.3, 0.4) is 0 Å². The van der Waals surface area contributed by atoms with E-state index >= 15 is 0 Å². The predicted molar refractivity (Wildman–Crippen MR) is 117 cm³/mol. The van der Waals surface area contributed by atoms with E-state index in [4.69, 9.17) is 5.26 Å². The van der Waals surface area contributed by atoms with Crippen LogP contribution in [-0.4, -0.2) is 54.3 Å². The van der Waals surface area contributed by atoms with E-state index in [1.54, 1.807) is 0 Å². The van der Waals surface area contributed by atoms with Crippen LogP contribution in [0.5, 0.6) is 0 Å². The molecule has 1 aliphatic heterocycles. The minimum Gasteiger partial charge on any atom is -0.347 e. The first kappa shape index (κ1) is 20.5. The molecule has 31 heavy (non-hydrogen) atoms. The lowest BCUT2D eigenvalue weighted by Gasteiger charge is -2.38. The number of nitrogens with one attached hydrogen (secondary N) is 1. The maximum absolute atomic E-state index is 12.6. The second-order valence-corrected chi connectivity index (χ2v) is 10.4. The van der Waals surface area contributed by atoms with Gasteiger partial charge in [0.25, 0.3) is 0 Å². The number of nitrogens with zero attached hydrogens (tertiary/aromatic N) is 3. The summed E-state index contributed by atoms with van der Waals surface area (Å²) < 4.78 is 0. The zero-order valence-corrected chi connectivity index (χ0v) is 18.2. The summed E-state index contributed by atoms with van der Waals surface area (Å²) >= 11 is 0. The van der Waals surface area contributed by atoms with Gasteiger partial charge in [-0.3, -0.25) is 14.5 Å². The van der Waals surface area contributed by atoms with E-state index in [9.17, 15) is 9.59 Å². The molecule has 0 aromatic heterocycles. The molecule has 2 amide bonds. The Morgan fingerprint density at radius 3 is 2.32 bits per heavy atom. The fourth-order valence-corrected chi connectivity index (χ4v) is 6.98. The first-order chi connectivity index (χ1) is 15.0. The average molecular weight is 421 g/mol. The molecular formula is C25H32N4O2. The zero-order valence-electron chi connectivity index (χ0n) is 18.2. The molecule has 2 unspecified atom stereocenters. The quantitative estimate of drug-likeness (QED) is 0.767. The summed E-state index contributed by atoms with van der Waals surface area (Å²) in [6.45, 7) is 4.00. The summed E-state index contributed by atoms with van der Waals surface area (Å²) in [4.78, 5) is 29.4. The van der Waals surface area contributed by atoms with Crippen LogP contribution in [0.15, 0.2) is 24.3 Å². The maximum Gasteiger partial charge on any atom is 0.242 e. The molecular weight excluding hydrogens is 388 g/mol. The Hall–Kier alpha value is -2.39. The lowest BCUT2D eigenvalue weighted by Crippen LogP contribution is -2.51. The predicted octanol–water partition coefficient (Wildman–Crippen LogP) is 2.54. The Morgan fingerprint density at radius 2 is 1.71 bits per heavy atom. The third-order valence-electron chi connectivity index (χ3n) is 8.24. The normalized spacial score (nSPS) is 31.6. The molecule has 6 heteroatoms. The van der Waals surface area contributed by atoms with Crippen LogP contribution in [0.2, 0.25) is 0 Å². The van der Waals surface area contributed by atoms with Crippen LogP contribution in [0.25, 0.3) is 0 Å². The standard InChI is InChI=1S/C25H32N4O2/c26-15-18-1-3-19(4-2-18)17-28-5-7-29(8-6-28)24(31)16-27-23(30)14-25-11-20-9-21(12-25)22(10-20)13-25/h1-4,20-22H,5-14,16-17H2,(H,27,30). The first-order valence-electron chi connectivity index (χ1n) is 11.8. The molecule has 4 bridgehead atoms. The van der Waals surface area contributed by atoms with E-state index < -0.39 is 0 Å². The number of hydrogen-bond acceptors (Lipinski definition) is 4. The number of carbonyl (C=O) groups is 2. The Morgan fingerprint density at radius 1 is 1.03 bits per heavy atom. The van der Waals surface area contributed by atoms with Crippen molar-refractivity contribution in [1.82, 2.24) is 15.1 Å². The van der Waals surface area contributed by atoms with Gasteiger partial charge in [-0.2, -0.15) is 5.26 Å². The Kier molecular flexibility index (Phi) is 5.47. The summed E-state index contributed by atoms with van der Waals surface area (Å²) in [5.41, 5.74) is 2.09. The molecule has 1 N–H and O–H groups in total. The average Bonchev–Trinajstić information content (AvgIpc) is 3.19. The largest absolute Gasteiger partial charge is 0.347 e. The molecule has 6 rings (SSSR count). The van der Waals surface area contributed by atoms with Gasteiger partial charge in [0.05, 0.1) is 18.2 Å². The van der Waals surface area contributed by atoms with Crippen molar-refractivity contribution in [2.75, 3.05) is 32.7 Å². The van der Waals surface area contributed by atoms with Gasteiger partial charge in [0.2, 0.25) is 11.8 Å². The second kappa shape index (κ2) is 8.27. The summed E-state index contributed by atoms with van der Waals surface area (Å²) in [6, 6.07) is 9.82. The van der Waals surface area contributed by atoms with Crippen molar-refractivity contribution in [1.29, 1.82) is 5.26 Å². The number of hydrogen-bond donors (Lipinski definition) is 1. The number of rotatable bonds is 6. The molecule has 1 aromatic rings. The zero-order chi connectivity index (χ0) is 21.4. The number of nitriles is 1. The van der Waals surface area contributed by atoms with Gasteiger partial charge in [-0.25, -0.2) is 0 Å². The number of piperazine rings is 1. The minimum atomic E-state index is 0.0275. The maximum atomic E-state index is 12.6. The summed E-state index contributed by atoms with van der Waals surface area (Å²) in [6.07, 6.45) is 7.09. The van der Waals surface area contributed by atoms with Crippen LogP contribution < -0.4 is 5.32 Å². The fraction of sp³-hybridized carbons (Fsp3) is 0.640. The van der Waals surface area contributed by atoms with Gasteiger partial charge in [0.15, 0.2) is 0 Å². The van der Waals surface area contributed by atoms with Gasteiger partial charge in [-0.15, -0.1) is 0 Å². The molecule has 0 spiro atoms. The Labute approximate surface area is 184 Å². The van der Waals surface area contributed by atoms with Crippen LogP contribution in [-0.2, 0) is 16.1 Å². The van der Waals surface area contributed by atoms with Crippen LogP contribution in [0.4, 0.5) is 0 Å². The van der Waals surface area contributed by atoms with Gasteiger partial charge in [-0.05, 0) is 73.0 Å². The van der Waals surface area contributed by atoms with Crippen LogP contribution in [0.1, 0.15) is 49.7 Å². The molecule has 5 fully saturated rings. The lowest BCUT2D eigenvalue weighted by atomic mass is 9.67. The Bertz CT molecular complexity index is 862. The molecule has 4 aliphatic carbocycles. The Balaban J connectivity index is 1.03. The van der Waals surface area contributed by atoms with Gasteiger partial charge in [0, 0.05) is 39.1 Å². The number of amides is 2. The molecule has 1 saturated heterocycles. The minimum absolute atomic E-state index is 0.0275. The molecule has 1 aromatic carbocycles. The molecule has 4 saturated carbocycles. The molecule has 1 heterocycles. The van der Waals surface area contributed by atoms with Gasteiger partial charge < -0.3 is 10.2 Å². The SMILES string of the molecule is N#Cc1ccc(CN2CCN(C(=O)CNC(=O)CC34CC5CC(C3)C(C5)C4)CC2)cc1. The van der Waals surface area contributed by atoms with Crippen molar-refractivity contribution in [2.45, 2.75) is 45.1 Å². The van der Waals surface area contributed by atoms with Crippen molar-refractivity contribution >= 4 is 11.8 Å². The third-order valence-corrected chi connectivity index (χ3v) is 8.24. The third kappa shape index (κ3) is 4.34. The van der Waals surface area contributed by atoms with Gasteiger partial charge in [0.1, 0.15) is 0 Å². The summed E-state index contributed by atoms with van der Waals surface area (Å²) in [5, 5.41) is 11.8. The van der Waals surface area contributed by atoms with E-state index in [-0.39, 0.29) is 23.8 Å². The van der Waals surface area contributed by atoms with Crippen molar-refractivity contribution in [3.63, 3.8) is 0 Å². The highest BCUT2D eigenvalue weighted by atomic mass is 16.2. The van der Waals surface area contributed by atoms with Gasteiger partial charge in [-0.1, -0.05) is 12.1 Å². The van der Waals surface area contributed by atoms with Crippen molar-refractivity contribution in [3.8, 4) is 6.07 Å². The van der Waals surface area contributed by atoms with E-state index in [1.165, 1.54) is 37.7 Å².